The summed E-state index contributed by atoms with van der Waals surface area (Å²) < 4.78 is 5.18. The summed E-state index contributed by atoms with van der Waals surface area (Å²) in [6.45, 7) is 4.70. The van der Waals surface area contributed by atoms with Gasteiger partial charge in [0, 0.05) is 30.8 Å². The van der Waals surface area contributed by atoms with Crippen LogP contribution in [0.3, 0.4) is 0 Å². The summed E-state index contributed by atoms with van der Waals surface area (Å²) in [4.78, 5) is 13.7. The monoisotopic (exact) mass is 297 g/mol. The van der Waals surface area contributed by atoms with Crippen molar-refractivity contribution in [2.45, 2.75) is 19.9 Å². The van der Waals surface area contributed by atoms with E-state index < -0.39 is 0 Å². The van der Waals surface area contributed by atoms with Crippen molar-refractivity contribution in [3.8, 4) is 5.75 Å². The zero-order chi connectivity index (χ0) is 14.7. The van der Waals surface area contributed by atoms with E-state index in [1.807, 2.05) is 0 Å². The summed E-state index contributed by atoms with van der Waals surface area (Å²) in [6.07, 6.45) is 1.09. The van der Waals surface area contributed by atoms with Gasteiger partial charge in [-0.2, -0.15) is 0 Å². The third-order valence-electron chi connectivity index (χ3n) is 3.70. The van der Waals surface area contributed by atoms with Crippen LogP contribution in [0, 0.1) is 5.92 Å². The van der Waals surface area contributed by atoms with Gasteiger partial charge in [-0.1, -0.05) is 11.6 Å². The summed E-state index contributed by atoms with van der Waals surface area (Å²) in [7, 11) is 1.71. The van der Waals surface area contributed by atoms with Crippen LogP contribution in [-0.2, 0) is 11.3 Å². The number of phenols is 1. The summed E-state index contributed by atoms with van der Waals surface area (Å²) in [5.41, 5.74) is 1.00. The molecule has 110 valence electrons. The van der Waals surface area contributed by atoms with Gasteiger partial charge in [-0.15, -0.1) is 0 Å². The van der Waals surface area contributed by atoms with Crippen LogP contribution >= 0.6 is 11.6 Å². The molecule has 1 unspecified atom stereocenters. The standard InChI is InChI=1S/C15H20ClNO3/c1-10(18)14-6-13(16)5-12(15(14)19)8-17-4-3-11(7-17)9-20-2/h5-6,11,19H,3-4,7-9H2,1-2H3. The average Bonchev–Trinajstić information content (AvgIpc) is 2.81. The van der Waals surface area contributed by atoms with Crippen molar-refractivity contribution in [2.75, 3.05) is 26.8 Å². The Balaban J connectivity index is 2.12. The lowest BCUT2D eigenvalue weighted by Crippen LogP contribution is -2.21. The minimum Gasteiger partial charge on any atom is -0.507 e. The van der Waals surface area contributed by atoms with Crippen LogP contribution in [0.2, 0.25) is 5.02 Å². The van der Waals surface area contributed by atoms with Crippen LogP contribution in [0.1, 0.15) is 29.3 Å². The highest BCUT2D eigenvalue weighted by Crippen LogP contribution is 2.30. The number of hydrogen-bond acceptors (Lipinski definition) is 4. The lowest BCUT2D eigenvalue weighted by molar-refractivity contribution is 0.101. The van der Waals surface area contributed by atoms with Crippen LogP contribution in [0.25, 0.3) is 0 Å². The highest BCUT2D eigenvalue weighted by Gasteiger charge is 2.24. The number of likely N-dealkylation sites (tertiary alicyclic amines) is 1. The van der Waals surface area contributed by atoms with E-state index in [4.69, 9.17) is 16.3 Å². The predicted octanol–water partition coefficient (Wildman–Crippen LogP) is 2.72. The highest BCUT2D eigenvalue weighted by atomic mass is 35.5. The Morgan fingerprint density at radius 2 is 2.30 bits per heavy atom. The Morgan fingerprint density at radius 1 is 1.55 bits per heavy atom. The van der Waals surface area contributed by atoms with Crippen LogP contribution in [0.5, 0.6) is 5.75 Å². The molecule has 0 amide bonds. The van der Waals surface area contributed by atoms with Crippen molar-refractivity contribution in [1.29, 1.82) is 0 Å². The molecule has 1 aliphatic rings. The van der Waals surface area contributed by atoms with Crippen LogP contribution in [0.4, 0.5) is 0 Å². The Bertz CT molecular complexity index is 504. The second-order valence-corrected chi connectivity index (χ2v) is 5.80. The molecule has 2 rings (SSSR count). The van der Waals surface area contributed by atoms with Crippen LogP contribution in [0.15, 0.2) is 12.1 Å². The van der Waals surface area contributed by atoms with Crippen molar-refractivity contribution in [1.82, 2.24) is 4.90 Å². The Labute approximate surface area is 124 Å². The number of carbonyl (C=O) groups is 1. The van der Waals surface area contributed by atoms with Gasteiger partial charge in [0.2, 0.25) is 0 Å². The molecule has 1 fully saturated rings. The average molecular weight is 298 g/mol. The number of ether oxygens (including phenoxy) is 1. The van der Waals surface area contributed by atoms with Gasteiger partial charge in [0.05, 0.1) is 12.2 Å². The number of nitrogens with zero attached hydrogens (tertiary/aromatic N) is 1. The zero-order valence-corrected chi connectivity index (χ0v) is 12.6. The SMILES string of the molecule is COCC1CCN(Cc2cc(Cl)cc(C(C)=O)c2O)C1. The fourth-order valence-electron chi connectivity index (χ4n) is 2.71. The normalized spacial score (nSPS) is 19.4. The van der Waals surface area contributed by atoms with Crippen molar-refractivity contribution in [2.24, 2.45) is 5.92 Å². The van der Waals surface area contributed by atoms with E-state index >= 15 is 0 Å². The summed E-state index contributed by atoms with van der Waals surface area (Å²) in [6, 6.07) is 3.24. The van der Waals surface area contributed by atoms with E-state index in [-0.39, 0.29) is 11.5 Å². The lowest BCUT2D eigenvalue weighted by atomic mass is 10.1. The van der Waals surface area contributed by atoms with Crippen molar-refractivity contribution in [3.63, 3.8) is 0 Å². The molecule has 1 aliphatic heterocycles. The van der Waals surface area contributed by atoms with Gasteiger partial charge in [-0.05, 0) is 37.9 Å². The Hall–Kier alpha value is -1.10. The zero-order valence-electron chi connectivity index (χ0n) is 11.9. The first-order valence-electron chi connectivity index (χ1n) is 6.75. The lowest BCUT2D eigenvalue weighted by Gasteiger charge is -2.18. The molecule has 1 N–H and O–H groups in total. The number of methoxy groups -OCH3 is 1. The molecular weight excluding hydrogens is 278 g/mol. The van der Waals surface area contributed by atoms with Crippen molar-refractivity contribution < 1.29 is 14.6 Å². The van der Waals surface area contributed by atoms with Crippen LogP contribution in [-0.4, -0.2) is 42.6 Å². The largest absolute Gasteiger partial charge is 0.507 e. The first kappa shape index (κ1) is 15.3. The third kappa shape index (κ3) is 3.51. The molecule has 1 heterocycles. The number of carbonyl (C=O) groups excluding carboxylic acids is 1. The molecule has 1 aromatic rings. The molecule has 0 radical (unpaired) electrons. The predicted molar refractivity (Wildman–Crippen MR) is 78.4 cm³/mol. The molecule has 0 aliphatic carbocycles. The van der Waals surface area contributed by atoms with Crippen molar-refractivity contribution >= 4 is 17.4 Å². The second kappa shape index (κ2) is 6.57. The summed E-state index contributed by atoms with van der Waals surface area (Å²) >= 11 is 6.03. The third-order valence-corrected chi connectivity index (χ3v) is 3.92. The smallest absolute Gasteiger partial charge is 0.163 e. The molecule has 1 atom stereocenters. The molecule has 1 aromatic carbocycles. The number of phenolic OH excluding ortho intramolecular Hbond substituents is 1. The maximum atomic E-state index is 11.5. The van der Waals surface area contributed by atoms with Gasteiger partial charge in [-0.25, -0.2) is 0 Å². The van der Waals surface area contributed by atoms with Crippen molar-refractivity contribution in [3.05, 3.63) is 28.3 Å². The van der Waals surface area contributed by atoms with Gasteiger partial charge in [-0.3, -0.25) is 9.69 Å². The molecule has 0 bridgehead atoms. The first-order valence-corrected chi connectivity index (χ1v) is 7.12. The number of halogens is 1. The quantitative estimate of drug-likeness (QED) is 0.849. The molecule has 0 aromatic heterocycles. The Morgan fingerprint density at radius 3 is 2.95 bits per heavy atom. The maximum absolute atomic E-state index is 11.5. The highest BCUT2D eigenvalue weighted by molar-refractivity contribution is 6.31. The maximum Gasteiger partial charge on any atom is 0.163 e. The number of Topliss-reactive ketones (excluding diaryl/α,β-unsaturated/α-hetero) is 1. The molecule has 1 saturated heterocycles. The Kier molecular flexibility index (Phi) is 5.02. The van der Waals surface area contributed by atoms with E-state index in [9.17, 15) is 9.90 Å². The topological polar surface area (TPSA) is 49.8 Å². The number of aromatic hydroxyl groups is 1. The summed E-state index contributed by atoms with van der Waals surface area (Å²) in [5, 5.41) is 10.7. The molecule has 5 heteroatoms. The van der Waals surface area contributed by atoms with Crippen LogP contribution < -0.4 is 0 Å². The first-order chi connectivity index (χ1) is 9.51. The minimum atomic E-state index is -0.176. The fraction of sp³-hybridized carbons (Fsp3) is 0.533. The van der Waals surface area contributed by atoms with Gasteiger partial charge >= 0.3 is 0 Å². The van der Waals surface area contributed by atoms with Gasteiger partial charge < -0.3 is 9.84 Å². The molecule has 4 nitrogen and oxygen atoms in total. The summed E-state index contributed by atoms with van der Waals surface area (Å²) in [5.74, 6) is 0.413. The molecule has 0 saturated carbocycles. The number of hydrogen-bond donors (Lipinski definition) is 1. The molecule has 0 spiro atoms. The number of benzene rings is 1. The molecule has 20 heavy (non-hydrogen) atoms. The van der Waals surface area contributed by atoms with Gasteiger partial charge in [0.1, 0.15) is 5.75 Å². The number of rotatable bonds is 5. The van der Waals surface area contributed by atoms with Gasteiger partial charge in [0.25, 0.3) is 0 Å². The fourth-order valence-corrected chi connectivity index (χ4v) is 2.95. The van der Waals surface area contributed by atoms with E-state index in [1.165, 1.54) is 13.0 Å². The van der Waals surface area contributed by atoms with Gasteiger partial charge in [0.15, 0.2) is 5.78 Å². The number of ketones is 1. The van der Waals surface area contributed by atoms with E-state index in [0.29, 0.717) is 28.6 Å². The molecular formula is C15H20ClNO3. The van der Waals surface area contributed by atoms with E-state index in [1.54, 1.807) is 13.2 Å². The van der Waals surface area contributed by atoms with E-state index in [2.05, 4.69) is 4.90 Å². The van der Waals surface area contributed by atoms with E-state index in [0.717, 1.165) is 26.1 Å². The second-order valence-electron chi connectivity index (χ2n) is 5.36. The minimum absolute atomic E-state index is 0.0529.